The van der Waals surface area contributed by atoms with Gasteiger partial charge in [0.05, 0.1) is 25.4 Å². The number of aliphatic hydroxyl groups excluding tert-OH is 1. The average molecular weight is 422 g/mol. The Kier molecular flexibility index (Phi) is 7.25. The van der Waals surface area contributed by atoms with Crippen LogP contribution in [0.3, 0.4) is 0 Å². The number of aliphatic hydroxyl groups is 2. The van der Waals surface area contributed by atoms with E-state index in [0.717, 1.165) is 10.8 Å². The maximum absolute atomic E-state index is 13.5. The molecule has 0 radical (unpaired) electrons. The van der Waals surface area contributed by atoms with Gasteiger partial charge in [0.1, 0.15) is 5.82 Å². The van der Waals surface area contributed by atoms with Crippen molar-refractivity contribution in [3.05, 3.63) is 18.2 Å². The maximum Gasteiger partial charge on any atom is 0.424 e. The smallest absolute Gasteiger partial charge is 0.393 e. The monoisotopic (exact) mass is 422 g/mol. The van der Waals surface area contributed by atoms with Crippen molar-refractivity contribution in [2.45, 2.75) is 43.7 Å². The molecule has 2 amide bonds. The topological polar surface area (TPSA) is 117 Å². The standard InChI is InChI=1S/C17H25F3N4O5/c1-11(25)9-12-10-29-8-7-24(12)14(27)13(26)21-4-3-16(28,17(18,19)20)15-22-5-6-23(15)2/h5-6,11-12,25,28H,3-4,7-10H2,1-2H3,(H,21,26). The number of amides is 2. The molecule has 2 heterocycles. The molecule has 3 atom stereocenters. The Morgan fingerprint density at radius 1 is 1.45 bits per heavy atom. The van der Waals surface area contributed by atoms with Crippen LogP contribution < -0.4 is 5.32 Å². The number of halogens is 3. The summed E-state index contributed by atoms with van der Waals surface area (Å²) in [6.45, 7) is 1.42. The Hall–Kier alpha value is -2.18. The molecule has 2 rings (SSSR count). The molecule has 0 spiro atoms. The van der Waals surface area contributed by atoms with E-state index >= 15 is 0 Å². The Bertz CT molecular complexity index is 724. The van der Waals surface area contributed by atoms with Gasteiger partial charge in [-0.05, 0) is 13.3 Å². The third kappa shape index (κ3) is 5.25. The Balaban J connectivity index is 2.01. The summed E-state index contributed by atoms with van der Waals surface area (Å²) in [5.41, 5.74) is -3.28. The molecular formula is C17H25F3N4O5. The number of rotatable bonds is 6. The number of aromatic nitrogens is 2. The van der Waals surface area contributed by atoms with E-state index in [1.807, 2.05) is 0 Å². The first-order valence-corrected chi connectivity index (χ1v) is 9.09. The Morgan fingerprint density at radius 2 is 2.14 bits per heavy atom. The lowest BCUT2D eigenvalue weighted by atomic mass is 9.97. The predicted octanol–water partition coefficient (Wildman–Crippen LogP) is -0.325. The number of alkyl halides is 3. The van der Waals surface area contributed by atoms with Crippen molar-refractivity contribution < 1.29 is 37.7 Å². The van der Waals surface area contributed by atoms with Gasteiger partial charge in [0.25, 0.3) is 0 Å². The summed E-state index contributed by atoms with van der Waals surface area (Å²) in [6, 6.07) is -0.512. The SMILES string of the molecule is CC(O)CC1COCCN1C(=O)C(=O)NCCC(O)(c1nccn1C)C(F)(F)F. The highest BCUT2D eigenvalue weighted by molar-refractivity contribution is 6.35. The van der Waals surface area contributed by atoms with E-state index in [9.17, 15) is 33.0 Å². The van der Waals surface area contributed by atoms with Gasteiger partial charge in [-0.3, -0.25) is 9.59 Å². The van der Waals surface area contributed by atoms with Crippen molar-refractivity contribution in [2.75, 3.05) is 26.3 Å². The second-order valence-electron chi connectivity index (χ2n) is 7.04. The van der Waals surface area contributed by atoms with Gasteiger partial charge in [-0.2, -0.15) is 13.2 Å². The molecule has 0 bridgehead atoms. The van der Waals surface area contributed by atoms with E-state index in [-0.39, 0.29) is 26.2 Å². The van der Waals surface area contributed by atoms with Gasteiger partial charge in [-0.15, -0.1) is 0 Å². The van der Waals surface area contributed by atoms with Crippen LogP contribution in [0.1, 0.15) is 25.6 Å². The molecule has 0 saturated carbocycles. The molecular weight excluding hydrogens is 397 g/mol. The van der Waals surface area contributed by atoms with Gasteiger partial charge >= 0.3 is 18.0 Å². The van der Waals surface area contributed by atoms with Crippen LogP contribution in [0.15, 0.2) is 12.4 Å². The first kappa shape index (κ1) is 23.1. The van der Waals surface area contributed by atoms with Crippen molar-refractivity contribution >= 4 is 11.8 Å². The number of morpholine rings is 1. The van der Waals surface area contributed by atoms with Crippen molar-refractivity contribution in [1.29, 1.82) is 0 Å². The van der Waals surface area contributed by atoms with Crippen molar-refractivity contribution in [2.24, 2.45) is 7.05 Å². The van der Waals surface area contributed by atoms with E-state index in [2.05, 4.69) is 10.3 Å². The van der Waals surface area contributed by atoms with Crippen molar-refractivity contribution in [3.8, 4) is 0 Å². The lowest BCUT2D eigenvalue weighted by molar-refractivity contribution is -0.272. The van der Waals surface area contributed by atoms with E-state index < -0.39 is 54.5 Å². The van der Waals surface area contributed by atoms with Gasteiger partial charge in [0, 0.05) is 39.0 Å². The summed E-state index contributed by atoms with van der Waals surface area (Å²) < 4.78 is 46.7. The van der Waals surface area contributed by atoms with Crippen LogP contribution in [0.2, 0.25) is 0 Å². The maximum atomic E-state index is 13.5. The molecule has 1 aromatic heterocycles. The first-order chi connectivity index (χ1) is 13.5. The van der Waals surface area contributed by atoms with Crippen LogP contribution in [0.5, 0.6) is 0 Å². The summed E-state index contributed by atoms with van der Waals surface area (Å²) in [4.78, 5) is 29.4. The van der Waals surface area contributed by atoms with E-state index in [4.69, 9.17) is 4.74 Å². The van der Waals surface area contributed by atoms with E-state index in [0.29, 0.717) is 0 Å². The summed E-state index contributed by atoms with van der Waals surface area (Å²) in [7, 11) is 1.31. The molecule has 0 aliphatic carbocycles. The number of carbonyl (C=O) groups excluding carboxylic acids is 2. The highest BCUT2D eigenvalue weighted by Crippen LogP contribution is 2.40. The molecule has 12 heteroatoms. The van der Waals surface area contributed by atoms with Crippen molar-refractivity contribution in [3.63, 3.8) is 0 Å². The second kappa shape index (κ2) is 9.09. The van der Waals surface area contributed by atoms with E-state index in [1.165, 1.54) is 25.1 Å². The molecule has 3 unspecified atom stereocenters. The number of imidazole rings is 1. The minimum Gasteiger partial charge on any atom is -0.393 e. The number of aryl methyl sites for hydroxylation is 1. The summed E-state index contributed by atoms with van der Waals surface area (Å²) in [5, 5.41) is 21.9. The van der Waals surface area contributed by atoms with Crippen LogP contribution in [0.25, 0.3) is 0 Å². The number of ether oxygens (including phenoxy) is 1. The number of carbonyl (C=O) groups is 2. The molecule has 164 valence electrons. The molecule has 1 aromatic rings. The Morgan fingerprint density at radius 3 is 2.69 bits per heavy atom. The zero-order chi connectivity index (χ0) is 21.8. The molecule has 9 nitrogen and oxygen atoms in total. The lowest BCUT2D eigenvalue weighted by Crippen LogP contribution is -2.54. The molecule has 1 aliphatic rings. The van der Waals surface area contributed by atoms with Gasteiger partial charge in [0.2, 0.25) is 5.60 Å². The summed E-state index contributed by atoms with van der Waals surface area (Å²) in [5.74, 6) is -2.63. The molecule has 1 aliphatic heterocycles. The van der Waals surface area contributed by atoms with Gasteiger partial charge < -0.3 is 29.7 Å². The number of nitrogens with one attached hydrogen (secondary N) is 1. The zero-order valence-corrected chi connectivity index (χ0v) is 16.1. The fourth-order valence-electron chi connectivity index (χ4n) is 3.22. The number of hydrogen-bond donors (Lipinski definition) is 3. The fraction of sp³-hybridized carbons (Fsp3) is 0.706. The van der Waals surface area contributed by atoms with Crippen LogP contribution in [-0.4, -0.2) is 81.1 Å². The third-order valence-electron chi connectivity index (χ3n) is 4.73. The fourth-order valence-corrected chi connectivity index (χ4v) is 3.22. The highest BCUT2D eigenvalue weighted by atomic mass is 19.4. The largest absolute Gasteiger partial charge is 0.424 e. The van der Waals surface area contributed by atoms with E-state index in [1.54, 1.807) is 0 Å². The van der Waals surface area contributed by atoms with Gasteiger partial charge in [0.15, 0.2) is 0 Å². The second-order valence-corrected chi connectivity index (χ2v) is 7.04. The zero-order valence-electron chi connectivity index (χ0n) is 16.1. The molecule has 29 heavy (non-hydrogen) atoms. The lowest BCUT2D eigenvalue weighted by Gasteiger charge is -2.35. The van der Waals surface area contributed by atoms with Gasteiger partial charge in [-0.25, -0.2) is 4.98 Å². The third-order valence-corrected chi connectivity index (χ3v) is 4.73. The average Bonchev–Trinajstić information content (AvgIpc) is 3.06. The summed E-state index contributed by atoms with van der Waals surface area (Å²) >= 11 is 0. The minimum atomic E-state index is -5.03. The first-order valence-electron chi connectivity index (χ1n) is 9.09. The van der Waals surface area contributed by atoms with Crippen LogP contribution >= 0.6 is 0 Å². The number of hydrogen-bond acceptors (Lipinski definition) is 6. The molecule has 3 N–H and O–H groups in total. The highest BCUT2D eigenvalue weighted by Gasteiger charge is 2.57. The quantitative estimate of drug-likeness (QED) is 0.541. The molecule has 1 saturated heterocycles. The molecule has 1 fully saturated rings. The van der Waals surface area contributed by atoms with Gasteiger partial charge in [-0.1, -0.05) is 0 Å². The van der Waals surface area contributed by atoms with Crippen LogP contribution in [0.4, 0.5) is 13.2 Å². The van der Waals surface area contributed by atoms with Crippen LogP contribution in [0, 0.1) is 0 Å². The van der Waals surface area contributed by atoms with Crippen LogP contribution in [-0.2, 0) is 27.0 Å². The van der Waals surface area contributed by atoms with Crippen molar-refractivity contribution in [1.82, 2.24) is 19.8 Å². The minimum absolute atomic E-state index is 0.128. The molecule has 0 aromatic carbocycles. The summed E-state index contributed by atoms with van der Waals surface area (Å²) in [6.07, 6.45) is -4.09. The Labute approximate surface area is 165 Å². The normalized spacial score (nSPS) is 20.8. The predicted molar refractivity (Wildman–Crippen MR) is 93.4 cm³/mol. The number of nitrogens with zero attached hydrogens (tertiary/aromatic N) is 3.